The smallest absolute Gasteiger partial charge is 0.191 e. The highest BCUT2D eigenvalue weighted by molar-refractivity contribution is 14.0. The van der Waals surface area contributed by atoms with Crippen molar-refractivity contribution in [2.75, 3.05) is 33.1 Å². The first-order valence-electron chi connectivity index (χ1n) is 6.97. The SMILES string of the molecule is COCCNC(=NCc1nnc(C)n1C)NCC(C)SC.I. The zero-order valence-corrected chi connectivity index (χ0v) is 17.1. The Hall–Kier alpha value is -0.550. The maximum absolute atomic E-state index is 5.05. The zero-order valence-electron chi connectivity index (χ0n) is 13.9. The first-order valence-corrected chi connectivity index (χ1v) is 8.26. The summed E-state index contributed by atoms with van der Waals surface area (Å²) in [5, 5.41) is 15.3. The Bertz CT molecular complexity index is 454. The lowest BCUT2D eigenvalue weighted by Crippen LogP contribution is -2.41. The maximum Gasteiger partial charge on any atom is 0.191 e. The van der Waals surface area contributed by atoms with Crippen LogP contribution in [0.15, 0.2) is 4.99 Å². The number of nitrogens with zero attached hydrogens (tertiary/aromatic N) is 4. The summed E-state index contributed by atoms with van der Waals surface area (Å²) in [7, 11) is 3.63. The van der Waals surface area contributed by atoms with Crippen molar-refractivity contribution in [3.63, 3.8) is 0 Å². The summed E-state index contributed by atoms with van der Waals surface area (Å²) in [6.07, 6.45) is 2.10. The van der Waals surface area contributed by atoms with Crippen LogP contribution in [0.25, 0.3) is 0 Å². The molecule has 0 aliphatic carbocycles. The highest BCUT2D eigenvalue weighted by Crippen LogP contribution is 2.02. The molecule has 1 aromatic heterocycles. The molecule has 1 heterocycles. The topological polar surface area (TPSA) is 76.4 Å². The molecule has 1 atom stereocenters. The van der Waals surface area contributed by atoms with Gasteiger partial charge in [-0.05, 0) is 13.2 Å². The second-order valence-corrected chi connectivity index (χ2v) is 6.01. The van der Waals surface area contributed by atoms with E-state index in [0.29, 0.717) is 24.9 Å². The predicted molar refractivity (Wildman–Crippen MR) is 103 cm³/mol. The summed E-state index contributed by atoms with van der Waals surface area (Å²) in [4.78, 5) is 4.55. The lowest BCUT2D eigenvalue weighted by molar-refractivity contribution is 0.203. The van der Waals surface area contributed by atoms with E-state index in [1.807, 2.05) is 30.3 Å². The van der Waals surface area contributed by atoms with E-state index in [-0.39, 0.29) is 24.0 Å². The quantitative estimate of drug-likeness (QED) is 0.273. The van der Waals surface area contributed by atoms with E-state index in [9.17, 15) is 0 Å². The van der Waals surface area contributed by atoms with Crippen LogP contribution in [-0.2, 0) is 18.3 Å². The fourth-order valence-corrected chi connectivity index (χ4v) is 1.76. The second-order valence-electron chi connectivity index (χ2n) is 4.73. The number of ether oxygens (including phenoxy) is 1. The van der Waals surface area contributed by atoms with Crippen molar-refractivity contribution in [3.05, 3.63) is 11.6 Å². The molecule has 0 aliphatic heterocycles. The van der Waals surface area contributed by atoms with Gasteiger partial charge in [-0.2, -0.15) is 11.8 Å². The van der Waals surface area contributed by atoms with Crippen molar-refractivity contribution < 1.29 is 4.74 Å². The van der Waals surface area contributed by atoms with Crippen LogP contribution in [-0.4, -0.2) is 59.0 Å². The van der Waals surface area contributed by atoms with Crippen LogP contribution in [0.1, 0.15) is 18.6 Å². The Morgan fingerprint density at radius 2 is 2.14 bits per heavy atom. The number of hydrogen-bond acceptors (Lipinski definition) is 5. The number of thioether (sulfide) groups is 1. The first-order chi connectivity index (χ1) is 10.1. The Morgan fingerprint density at radius 3 is 2.68 bits per heavy atom. The fraction of sp³-hybridized carbons (Fsp3) is 0.769. The molecule has 0 fully saturated rings. The molecule has 1 rings (SSSR count). The Kier molecular flexibility index (Phi) is 11.6. The molecule has 0 aromatic carbocycles. The van der Waals surface area contributed by atoms with Gasteiger partial charge in [0.05, 0.1) is 6.61 Å². The highest BCUT2D eigenvalue weighted by Gasteiger charge is 2.06. The van der Waals surface area contributed by atoms with Crippen LogP contribution in [0, 0.1) is 6.92 Å². The van der Waals surface area contributed by atoms with Gasteiger partial charge in [-0.15, -0.1) is 34.2 Å². The Morgan fingerprint density at radius 1 is 1.41 bits per heavy atom. The van der Waals surface area contributed by atoms with Gasteiger partial charge in [0.25, 0.3) is 0 Å². The number of aromatic nitrogens is 3. The molecular formula is C13H27IN6OS. The Labute approximate surface area is 154 Å². The number of guanidine groups is 1. The van der Waals surface area contributed by atoms with Crippen molar-refractivity contribution in [1.29, 1.82) is 0 Å². The third-order valence-corrected chi connectivity index (χ3v) is 4.09. The Balaban J connectivity index is 0.00000441. The average molecular weight is 442 g/mol. The van der Waals surface area contributed by atoms with Gasteiger partial charge in [-0.1, -0.05) is 6.92 Å². The zero-order chi connectivity index (χ0) is 15.7. The lowest BCUT2D eigenvalue weighted by atomic mass is 10.5. The van der Waals surface area contributed by atoms with Crippen LogP contribution >= 0.6 is 35.7 Å². The van der Waals surface area contributed by atoms with E-state index in [4.69, 9.17) is 4.74 Å². The van der Waals surface area contributed by atoms with E-state index in [0.717, 1.165) is 24.2 Å². The van der Waals surface area contributed by atoms with Crippen LogP contribution in [0.3, 0.4) is 0 Å². The monoisotopic (exact) mass is 442 g/mol. The summed E-state index contributed by atoms with van der Waals surface area (Å²) >= 11 is 1.82. The van der Waals surface area contributed by atoms with E-state index < -0.39 is 0 Å². The van der Waals surface area contributed by atoms with E-state index in [1.54, 1.807) is 7.11 Å². The number of nitrogens with one attached hydrogen (secondary N) is 2. The molecule has 0 saturated carbocycles. The summed E-state index contributed by atoms with van der Waals surface area (Å²) in [5.74, 6) is 2.50. The molecule has 0 amide bonds. The fourth-order valence-electron chi connectivity index (χ4n) is 1.51. The molecule has 128 valence electrons. The third kappa shape index (κ3) is 7.63. The van der Waals surface area contributed by atoms with Crippen LogP contribution in [0.2, 0.25) is 0 Å². The van der Waals surface area contributed by atoms with Crippen molar-refractivity contribution in [2.45, 2.75) is 25.6 Å². The standard InChI is InChI=1S/C13H26N6OS.HI/c1-10(21-5)8-15-13(14-6-7-20-4)16-9-12-18-17-11(2)19(12)3;/h10H,6-9H2,1-5H3,(H2,14,15,16);1H. The molecule has 0 spiro atoms. The number of aliphatic imine (C=N–C) groups is 1. The van der Waals surface area contributed by atoms with Gasteiger partial charge >= 0.3 is 0 Å². The van der Waals surface area contributed by atoms with Crippen LogP contribution in [0.5, 0.6) is 0 Å². The largest absolute Gasteiger partial charge is 0.383 e. The van der Waals surface area contributed by atoms with Crippen molar-refractivity contribution in [3.8, 4) is 0 Å². The minimum atomic E-state index is 0. The molecule has 2 N–H and O–H groups in total. The molecule has 1 unspecified atom stereocenters. The molecule has 7 nitrogen and oxygen atoms in total. The van der Waals surface area contributed by atoms with E-state index in [1.165, 1.54) is 0 Å². The lowest BCUT2D eigenvalue weighted by Gasteiger charge is -2.15. The number of hydrogen-bond donors (Lipinski definition) is 2. The van der Waals surface area contributed by atoms with Gasteiger partial charge < -0.3 is 19.9 Å². The minimum absolute atomic E-state index is 0. The molecule has 9 heteroatoms. The molecule has 0 bridgehead atoms. The summed E-state index contributed by atoms with van der Waals surface area (Å²) in [5.41, 5.74) is 0. The van der Waals surface area contributed by atoms with Gasteiger partial charge in [-0.3, -0.25) is 0 Å². The van der Waals surface area contributed by atoms with Gasteiger partial charge in [0.15, 0.2) is 11.8 Å². The summed E-state index contributed by atoms with van der Waals surface area (Å²) in [6.45, 7) is 6.81. The van der Waals surface area contributed by atoms with Gasteiger partial charge in [0.1, 0.15) is 12.4 Å². The minimum Gasteiger partial charge on any atom is -0.383 e. The van der Waals surface area contributed by atoms with Gasteiger partial charge in [-0.25, -0.2) is 4.99 Å². The normalized spacial score (nSPS) is 12.7. The first kappa shape index (κ1) is 21.4. The number of methoxy groups -OCH3 is 1. The average Bonchev–Trinajstić information content (AvgIpc) is 2.80. The van der Waals surface area contributed by atoms with Crippen LogP contribution in [0.4, 0.5) is 0 Å². The highest BCUT2D eigenvalue weighted by atomic mass is 127. The predicted octanol–water partition coefficient (Wildman–Crippen LogP) is 1.17. The van der Waals surface area contributed by atoms with Gasteiger partial charge in [0, 0.05) is 32.5 Å². The van der Waals surface area contributed by atoms with E-state index in [2.05, 4.69) is 39.0 Å². The molecule has 1 aromatic rings. The van der Waals surface area contributed by atoms with Crippen molar-refractivity contribution >= 4 is 41.7 Å². The molecule has 22 heavy (non-hydrogen) atoms. The van der Waals surface area contributed by atoms with Crippen molar-refractivity contribution in [1.82, 2.24) is 25.4 Å². The van der Waals surface area contributed by atoms with E-state index >= 15 is 0 Å². The molecular weight excluding hydrogens is 415 g/mol. The third-order valence-electron chi connectivity index (χ3n) is 3.12. The number of halogens is 1. The van der Waals surface area contributed by atoms with Crippen LogP contribution < -0.4 is 10.6 Å². The summed E-state index contributed by atoms with van der Waals surface area (Å²) in [6, 6.07) is 0. The molecule has 0 saturated heterocycles. The summed E-state index contributed by atoms with van der Waals surface area (Å²) < 4.78 is 6.99. The maximum atomic E-state index is 5.05. The number of rotatable bonds is 8. The molecule has 0 aliphatic rings. The van der Waals surface area contributed by atoms with Gasteiger partial charge in [0.2, 0.25) is 0 Å². The second kappa shape index (κ2) is 11.9. The van der Waals surface area contributed by atoms with Crippen molar-refractivity contribution in [2.24, 2.45) is 12.0 Å². The molecule has 0 radical (unpaired) electrons. The number of aryl methyl sites for hydroxylation is 1.